The van der Waals surface area contributed by atoms with Gasteiger partial charge in [-0.1, -0.05) is 12.7 Å². The van der Waals surface area contributed by atoms with Crippen molar-refractivity contribution in [3.05, 3.63) is 28.7 Å². The lowest BCUT2D eigenvalue weighted by molar-refractivity contribution is 0.0697. The van der Waals surface area contributed by atoms with Crippen LogP contribution in [0.5, 0.6) is 0 Å². The molecule has 1 aliphatic rings. The third-order valence-corrected chi connectivity index (χ3v) is 4.14. The molecule has 0 radical (unpaired) electrons. The van der Waals surface area contributed by atoms with E-state index >= 15 is 0 Å². The standard InChI is InChI=1S/C13H15NO4S/c1-2-7-18-13(17)14-11-10(12(15)16)8-5-3-4-6-9(8)19-11/h2H,1,3-7H2,(H,14,17)(H,15,16). The van der Waals surface area contributed by atoms with Gasteiger partial charge in [-0.2, -0.15) is 0 Å². The summed E-state index contributed by atoms with van der Waals surface area (Å²) in [5.74, 6) is -1.00. The van der Waals surface area contributed by atoms with Gasteiger partial charge in [-0.25, -0.2) is 9.59 Å². The zero-order valence-electron chi connectivity index (χ0n) is 10.4. The van der Waals surface area contributed by atoms with Gasteiger partial charge >= 0.3 is 12.1 Å². The number of fused-ring (bicyclic) bond motifs is 1. The van der Waals surface area contributed by atoms with Gasteiger partial charge in [-0.15, -0.1) is 11.3 Å². The lowest BCUT2D eigenvalue weighted by atomic mass is 9.95. The molecule has 0 spiro atoms. The molecule has 0 aromatic carbocycles. The highest BCUT2D eigenvalue weighted by molar-refractivity contribution is 7.17. The predicted octanol–water partition coefficient (Wildman–Crippen LogP) is 3.06. The quantitative estimate of drug-likeness (QED) is 0.832. The molecule has 1 aliphatic carbocycles. The Labute approximate surface area is 114 Å². The van der Waals surface area contributed by atoms with Crippen LogP contribution in [-0.4, -0.2) is 23.8 Å². The number of ether oxygens (including phenoxy) is 1. The molecule has 1 heterocycles. The second kappa shape index (κ2) is 5.88. The molecule has 0 unspecified atom stereocenters. The summed E-state index contributed by atoms with van der Waals surface area (Å²) in [6.07, 6.45) is 4.50. The van der Waals surface area contributed by atoms with Gasteiger partial charge in [0, 0.05) is 4.88 Å². The van der Waals surface area contributed by atoms with Crippen LogP contribution >= 0.6 is 11.3 Å². The highest BCUT2D eigenvalue weighted by atomic mass is 32.1. The van der Waals surface area contributed by atoms with Crippen molar-refractivity contribution in [2.45, 2.75) is 25.7 Å². The molecule has 1 aromatic rings. The largest absolute Gasteiger partial charge is 0.478 e. The first kappa shape index (κ1) is 13.6. The minimum Gasteiger partial charge on any atom is -0.478 e. The van der Waals surface area contributed by atoms with Crippen molar-refractivity contribution in [3.8, 4) is 0 Å². The molecule has 5 nitrogen and oxygen atoms in total. The number of aryl methyl sites for hydroxylation is 1. The Bertz CT molecular complexity index is 521. The van der Waals surface area contributed by atoms with Crippen LogP contribution in [0.1, 0.15) is 33.6 Å². The van der Waals surface area contributed by atoms with Crippen molar-refractivity contribution in [3.63, 3.8) is 0 Å². The molecular weight excluding hydrogens is 266 g/mol. The Hall–Kier alpha value is -1.82. The number of thiophene rings is 1. The third kappa shape index (κ3) is 2.96. The average molecular weight is 281 g/mol. The Morgan fingerprint density at radius 1 is 1.42 bits per heavy atom. The molecule has 2 N–H and O–H groups in total. The number of carbonyl (C=O) groups excluding carboxylic acids is 1. The fourth-order valence-electron chi connectivity index (χ4n) is 2.14. The normalized spacial score (nSPS) is 13.5. The van der Waals surface area contributed by atoms with Crippen molar-refractivity contribution in [2.75, 3.05) is 11.9 Å². The number of carboxylic acid groups (broad SMARTS) is 1. The summed E-state index contributed by atoms with van der Waals surface area (Å²) in [5, 5.41) is 12.2. The van der Waals surface area contributed by atoms with Crippen molar-refractivity contribution < 1.29 is 19.4 Å². The molecule has 0 bridgehead atoms. The summed E-state index contributed by atoms with van der Waals surface area (Å²) in [4.78, 5) is 23.9. The van der Waals surface area contributed by atoms with E-state index < -0.39 is 12.1 Å². The molecule has 0 saturated heterocycles. The summed E-state index contributed by atoms with van der Waals surface area (Å²) in [6.45, 7) is 3.54. The maximum absolute atomic E-state index is 11.5. The summed E-state index contributed by atoms with van der Waals surface area (Å²) in [7, 11) is 0. The van der Waals surface area contributed by atoms with Crippen LogP contribution in [0.25, 0.3) is 0 Å². The van der Waals surface area contributed by atoms with E-state index in [9.17, 15) is 14.7 Å². The highest BCUT2D eigenvalue weighted by Crippen LogP contribution is 2.38. The van der Waals surface area contributed by atoms with Gasteiger partial charge in [0.2, 0.25) is 0 Å². The number of rotatable bonds is 4. The molecule has 6 heteroatoms. The van der Waals surface area contributed by atoms with Gasteiger partial charge in [0.05, 0.1) is 5.56 Å². The number of carbonyl (C=O) groups is 2. The monoisotopic (exact) mass is 281 g/mol. The summed E-state index contributed by atoms with van der Waals surface area (Å²) >= 11 is 1.33. The van der Waals surface area contributed by atoms with Crippen molar-refractivity contribution in [2.24, 2.45) is 0 Å². The number of carboxylic acids is 1. The molecule has 0 atom stereocenters. The molecular formula is C13H15NO4S. The first-order valence-electron chi connectivity index (χ1n) is 6.06. The van der Waals surface area contributed by atoms with E-state index in [2.05, 4.69) is 11.9 Å². The maximum atomic E-state index is 11.5. The topological polar surface area (TPSA) is 75.6 Å². The van der Waals surface area contributed by atoms with E-state index in [1.807, 2.05) is 0 Å². The molecule has 102 valence electrons. The number of aromatic carboxylic acids is 1. The van der Waals surface area contributed by atoms with Crippen LogP contribution in [0.2, 0.25) is 0 Å². The van der Waals surface area contributed by atoms with Crippen LogP contribution in [0.15, 0.2) is 12.7 Å². The van der Waals surface area contributed by atoms with Crippen LogP contribution in [0.4, 0.5) is 9.80 Å². The first-order chi connectivity index (χ1) is 9.13. The molecule has 19 heavy (non-hydrogen) atoms. The summed E-state index contributed by atoms with van der Waals surface area (Å²) in [5.41, 5.74) is 1.08. The number of hydrogen-bond donors (Lipinski definition) is 2. The lowest BCUT2D eigenvalue weighted by Gasteiger charge is -2.10. The minimum atomic E-state index is -1.00. The first-order valence-corrected chi connectivity index (χ1v) is 6.87. The van der Waals surface area contributed by atoms with Gasteiger partial charge < -0.3 is 9.84 Å². The Morgan fingerprint density at radius 3 is 2.84 bits per heavy atom. The van der Waals surface area contributed by atoms with Crippen molar-refractivity contribution in [1.29, 1.82) is 0 Å². The SMILES string of the molecule is C=CCOC(=O)Nc1sc2c(c1C(=O)O)CCCC2. The number of nitrogens with one attached hydrogen (secondary N) is 1. The molecule has 1 aromatic heterocycles. The van der Waals surface area contributed by atoms with E-state index in [0.29, 0.717) is 5.00 Å². The van der Waals surface area contributed by atoms with Crippen molar-refractivity contribution >= 4 is 28.4 Å². The predicted molar refractivity (Wildman–Crippen MR) is 73.1 cm³/mol. The van der Waals surface area contributed by atoms with E-state index in [0.717, 1.165) is 36.1 Å². The van der Waals surface area contributed by atoms with Crippen molar-refractivity contribution in [1.82, 2.24) is 0 Å². The van der Waals surface area contributed by atoms with E-state index in [-0.39, 0.29) is 12.2 Å². The van der Waals surface area contributed by atoms with Gasteiger partial charge in [0.15, 0.2) is 0 Å². The highest BCUT2D eigenvalue weighted by Gasteiger charge is 2.26. The van der Waals surface area contributed by atoms with Crippen LogP contribution < -0.4 is 5.32 Å². The molecule has 1 amide bonds. The van der Waals surface area contributed by atoms with Crippen LogP contribution in [-0.2, 0) is 17.6 Å². The molecule has 0 saturated carbocycles. The van der Waals surface area contributed by atoms with Crippen LogP contribution in [0, 0.1) is 0 Å². The van der Waals surface area contributed by atoms with Gasteiger partial charge in [0.25, 0.3) is 0 Å². The average Bonchev–Trinajstić information content (AvgIpc) is 2.74. The number of anilines is 1. The van der Waals surface area contributed by atoms with E-state index in [1.165, 1.54) is 17.4 Å². The third-order valence-electron chi connectivity index (χ3n) is 2.93. The second-order valence-corrected chi connectivity index (χ2v) is 5.34. The van der Waals surface area contributed by atoms with Gasteiger partial charge in [-0.3, -0.25) is 5.32 Å². The van der Waals surface area contributed by atoms with Gasteiger partial charge in [0.1, 0.15) is 11.6 Å². The zero-order valence-corrected chi connectivity index (χ0v) is 11.2. The summed E-state index contributed by atoms with van der Waals surface area (Å²) in [6, 6.07) is 0. The Balaban J connectivity index is 2.24. The summed E-state index contributed by atoms with van der Waals surface area (Å²) < 4.78 is 4.81. The smallest absolute Gasteiger partial charge is 0.412 e. The van der Waals surface area contributed by atoms with Gasteiger partial charge in [-0.05, 0) is 31.2 Å². The second-order valence-electron chi connectivity index (χ2n) is 4.23. The molecule has 2 rings (SSSR count). The van der Waals surface area contributed by atoms with E-state index in [4.69, 9.17) is 4.74 Å². The molecule has 0 fully saturated rings. The number of hydrogen-bond acceptors (Lipinski definition) is 4. The van der Waals surface area contributed by atoms with E-state index in [1.54, 1.807) is 0 Å². The zero-order chi connectivity index (χ0) is 13.8. The van der Waals surface area contributed by atoms with Crippen LogP contribution in [0.3, 0.4) is 0 Å². The lowest BCUT2D eigenvalue weighted by Crippen LogP contribution is -2.15. The minimum absolute atomic E-state index is 0.0966. The Kier molecular flexibility index (Phi) is 4.21. The Morgan fingerprint density at radius 2 is 2.16 bits per heavy atom. The fraction of sp³-hybridized carbons (Fsp3) is 0.385. The molecule has 0 aliphatic heterocycles. The maximum Gasteiger partial charge on any atom is 0.412 e. The number of amides is 1. The fourth-order valence-corrected chi connectivity index (χ4v) is 3.41.